The van der Waals surface area contributed by atoms with Gasteiger partial charge in [-0.1, -0.05) is 41.9 Å². The van der Waals surface area contributed by atoms with Crippen LogP contribution in [0.5, 0.6) is 0 Å². The minimum Gasteiger partial charge on any atom is -0.331 e. The Balaban J connectivity index is 1.69. The maximum Gasteiger partial charge on any atom is 0.319 e. The predicted octanol–water partition coefficient (Wildman–Crippen LogP) is 4.29. The molecule has 3 nitrogen and oxygen atoms in total. The molecular weight excluding hydrogens is 291 g/mol. The highest BCUT2D eigenvalue weighted by molar-refractivity contribution is 6.31. The van der Waals surface area contributed by atoms with Crippen molar-refractivity contribution in [3.05, 3.63) is 64.4 Å². The molecule has 0 heterocycles. The molecule has 2 aromatic carbocycles. The van der Waals surface area contributed by atoms with Crippen molar-refractivity contribution in [2.45, 2.75) is 18.9 Å². The third kappa shape index (κ3) is 2.85. The van der Waals surface area contributed by atoms with E-state index in [1.165, 1.54) is 17.7 Å². The highest BCUT2D eigenvalue weighted by atomic mass is 35.5. The summed E-state index contributed by atoms with van der Waals surface area (Å²) in [5.74, 6) is -0.624. The Morgan fingerprint density at radius 1 is 1.19 bits per heavy atom. The van der Waals surface area contributed by atoms with Gasteiger partial charge in [-0.3, -0.25) is 0 Å². The van der Waals surface area contributed by atoms with Crippen LogP contribution >= 0.6 is 11.6 Å². The molecule has 1 aliphatic carbocycles. The lowest BCUT2D eigenvalue weighted by Gasteiger charge is -2.15. The molecule has 0 spiro atoms. The fraction of sp³-hybridized carbons (Fsp3) is 0.188. The van der Waals surface area contributed by atoms with Crippen molar-refractivity contribution >= 4 is 23.3 Å². The Morgan fingerprint density at radius 2 is 2.00 bits per heavy atom. The number of hydrogen-bond donors (Lipinski definition) is 2. The van der Waals surface area contributed by atoms with E-state index in [-0.39, 0.29) is 16.8 Å². The normalized spacial score (nSPS) is 16.4. The van der Waals surface area contributed by atoms with E-state index in [1.54, 1.807) is 6.07 Å². The van der Waals surface area contributed by atoms with Gasteiger partial charge in [-0.25, -0.2) is 9.18 Å². The second kappa shape index (κ2) is 5.74. The maximum absolute atomic E-state index is 13.7. The van der Waals surface area contributed by atoms with E-state index in [9.17, 15) is 9.18 Å². The van der Waals surface area contributed by atoms with E-state index < -0.39 is 11.8 Å². The van der Waals surface area contributed by atoms with Gasteiger partial charge in [0.25, 0.3) is 0 Å². The SMILES string of the molecule is O=C(Nc1cccc(Cl)c1F)NC1CCc2ccccc21. The van der Waals surface area contributed by atoms with Crippen LogP contribution in [0.1, 0.15) is 23.6 Å². The molecule has 5 heteroatoms. The van der Waals surface area contributed by atoms with E-state index in [1.807, 2.05) is 18.2 Å². The number of nitrogens with one attached hydrogen (secondary N) is 2. The molecule has 0 saturated carbocycles. The quantitative estimate of drug-likeness (QED) is 0.854. The van der Waals surface area contributed by atoms with E-state index in [0.717, 1.165) is 18.4 Å². The van der Waals surface area contributed by atoms with Crippen LogP contribution in [0.2, 0.25) is 5.02 Å². The molecule has 0 fully saturated rings. The number of halogens is 2. The molecule has 1 atom stereocenters. The number of hydrogen-bond acceptors (Lipinski definition) is 1. The number of carbonyl (C=O) groups is 1. The van der Waals surface area contributed by atoms with Gasteiger partial charge in [0.05, 0.1) is 16.8 Å². The van der Waals surface area contributed by atoms with Gasteiger partial charge < -0.3 is 10.6 Å². The van der Waals surface area contributed by atoms with Crippen molar-refractivity contribution in [1.29, 1.82) is 0 Å². The molecular formula is C16H14ClFN2O. The number of aryl methyl sites for hydroxylation is 1. The highest BCUT2D eigenvalue weighted by Gasteiger charge is 2.23. The summed E-state index contributed by atoms with van der Waals surface area (Å²) in [5, 5.41) is 5.35. The molecule has 108 valence electrons. The molecule has 0 radical (unpaired) electrons. The van der Waals surface area contributed by atoms with Gasteiger partial charge in [0, 0.05) is 0 Å². The lowest BCUT2D eigenvalue weighted by atomic mass is 10.1. The number of anilines is 1. The minimum atomic E-state index is -0.624. The molecule has 1 aliphatic rings. The number of carbonyl (C=O) groups excluding carboxylic acids is 1. The monoisotopic (exact) mass is 304 g/mol. The summed E-state index contributed by atoms with van der Waals surface area (Å²) in [4.78, 5) is 12.0. The molecule has 0 aliphatic heterocycles. The van der Waals surface area contributed by atoms with Crippen LogP contribution in [0.4, 0.5) is 14.9 Å². The summed E-state index contributed by atoms with van der Waals surface area (Å²) in [6.45, 7) is 0. The zero-order valence-corrected chi connectivity index (χ0v) is 12.0. The van der Waals surface area contributed by atoms with Crippen molar-refractivity contribution in [2.24, 2.45) is 0 Å². The van der Waals surface area contributed by atoms with E-state index in [2.05, 4.69) is 16.7 Å². The molecule has 0 bridgehead atoms. The number of benzene rings is 2. The highest BCUT2D eigenvalue weighted by Crippen LogP contribution is 2.30. The minimum absolute atomic E-state index is 0.0148. The molecule has 0 saturated heterocycles. The fourth-order valence-electron chi connectivity index (χ4n) is 2.62. The average molecular weight is 305 g/mol. The number of amides is 2. The summed E-state index contributed by atoms with van der Waals surface area (Å²) >= 11 is 5.69. The van der Waals surface area contributed by atoms with Crippen LogP contribution in [0.25, 0.3) is 0 Å². The average Bonchev–Trinajstić information content (AvgIpc) is 2.87. The Kier molecular flexibility index (Phi) is 3.80. The lowest BCUT2D eigenvalue weighted by molar-refractivity contribution is 0.248. The van der Waals surface area contributed by atoms with Crippen LogP contribution < -0.4 is 10.6 Å². The molecule has 2 amide bonds. The number of urea groups is 1. The second-order valence-corrected chi connectivity index (χ2v) is 5.40. The zero-order chi connectivity index (χ0) is 14.8. The summed E-state index contributed by atoms with van der Waals surface area (Å²) in [7, 11) is 0. The molecule has 21 heavy (non-hydrogen) atoms. The van der Waals surface area contributed by atoms with Crippen LogP contribution in [0.15, 0.2) is 42.5 Å². The summed E-state index contributed by atoms with van der Waals surface area (Å²) in [5.41, 5.74) is 2.45. The van der Waals surface area contributed by atoms with Crippen molar-refractivity contribution in [3.63, 3.8) is 0 Å². The largest absolute Gasteiger partial charge is 0.331 e. The van der Waals surface area contributed by atoms with Crippen molar-refractivity contribution in [2.75, 3.05) is 5.32 Å². The molecule has 2 aromatic rings. The zero-order valence-electron chi connectivity index (χ0n) is 11.2. The van der Waals surface area contributed by atoms with Crippen molar-refractivity contribution in [3.8, 4) is 0 Å². The predicted molar refractivity (Wildman–Crippen MR) is 81.1 cm³/mol. The van der Waals surface area contributed by atoms with Crippen molar-refractivity contribution < 1.29 is 9.18 Å². The molecule has 1 unspecified atom stereocenters. The Hall–Kier alpha value is -2.07. The first kappa shape index (κ1) is 13.9. The van der Waals surface area contributed by atoms with Crippen LogP contribution in [0, 0.1) is 5.82 Å². The number of fused-ring (bicyclic) bond motifs is 1. The van der Waals surface area contributed by atoms with Crippen LogP contribution in [-0.2, 0) is 6.42 Å². The topological polar surface area (TPSA) is 41.1 Å². The first-order valence-corrected chi connectivity index (χ1v) is 7.12. The Morgan fingerprint density at radius 3 is 2.86 bits per heavy atom. The van der Waals surface area contributed by atoms with Crippen molar-refractivity contribution in [1.82, 2.24) is 5.32 Å². The van der Waals surface area contributed by atoms with Gasteiger partial charge in [0.2, 0.25) is 0 Å². The number of rotatable bonds is 2. The smallest absolute Gasteiger partial charge is 0.319 e. The van der Waals surface area contributed by atoms with Gasteiger partial charge in [-0.2, -0.15) is 0 Å². The first-order valence-electron chi connectivity index (χ1n) is 6.74. The van der Waals surface area contributed by atoms with Crippen LogP contribution in [-0.4, -0.2) is 6.03 Å². The van der Waals surface area contributed by atoms with E-state index in [4.69, 9.17) is 11.6 Å². The molecule has 3 rings (SSSR count). The fourth-order valence-corrected chi connectivity index (χ4v) is 2.80. The van der Waals surface area contributed by atoms with Gasteiger partial charge in [-0.15, -0.1) is 0 Å². The summed E-state index contributed by atoms with van der Waals surface area (Å²) < 4.78 is 13.7. The van der Waals surface area contributed by atoms with Crippen LogP contribution in [0.3, 0.4) is 0 Å². The van der Waals surface area contributed by atoms with Gasteiger partial charge >= 0.3 is 6.03 Å². The van der Waals surface area contributed by atoms with Gasteiger partial charge in [0.15, 0.2) is 5.82 Å². The Labute approximate surface area is 127 Å². The lowest BCUT2D eigenvalue weighted by Crippen LogP contribution is -2.31. The third-order valence-electron chi connectivity index (χ3n) is 3.64. The van der Waals surface area contributed by atoms with E-state index >= 15 is 0 Å². The third-order valence-corrected chi connectivity index (χ3v) is 3.93. The summed E-state index contributed by atoms with van der Waals surface area (Å²) in [6, 6.07) is 12.0. The Bertz CT molecular complexity index is 690. The second-order valence-electron chi connectivity index (χ2n) is 4.99. The standard InChI is InChI=1S/C16H14ClFN2O/c17-12-6-3-7-14(15(12)18)20-16(21)19-13-9-8-10-4-1-2-5-11(10)13/h1-7,13H,8-9H2,(H2,19,20,21). The summed E-state index contributed by atoms with van der Waals surface area (Å²) in [6.07, 6.45) is 1.79. The molecule has 0 aromatic heterocycles. The maximum atomic E-state index is 13.7. The molecule has 2 N–H and O–H groups in total. The first-order chi connectivity index (χ1) is 10.1. The van der Waals surface area contributed by atoms with Gasteiger partial charge in [0.1, 0.15) is 0 Å². The van der Waals surface area contributed by atoms with E-state index in [0.29, 0.717) is 0 Å². The van der Waals surface area contributed by atoms with Gasteiger partial charge in [-0.05, 0) is 36.1 Å².